The van der Waals surface area contributed by atoms with E-state index in [9.17, 15) is 19.5 Å². The molecule has 0 fully saturated rings. The van der Waals surface area contributed by atoms with E-state index in [1.807, 2.05) is 0 Å². The third-order valence-corrected chi connectivity index (χ3v) is 5.03. The van der Waals surface area contributed by atoms with Crippen molar-refractivity contribution in [3.63, 3.8) is 0 Å². The molecule has 29 heavy (non-hydrogen) atoms. The molecule has 0 aromatic carbocycles. The molecule has 10 heteroatoms. The molecule has 0 radical (unpaired) electrons. The first-order valence-electron chi connectivity index (χ1n) is 8.21. The zero-order valence-electron chi connectivity index (χ0n) is 16.3. The summed E-state index contributed by atoms with van der Waals surface area (Å²) in [4.78, 5) is 44.2. The molecular formula is C19H24I2N4O4. The number of rotatable bonds is 0. The quantitative estimate of drug-likeness (QED) is 0.427. The highest BCUT2D eigenvalue weighted by molar-refractivity contribution is 15.0. The van der Waals surface area contributed by atoms with Gasteiger partial charge in [0.1, 0.15) is 0 Å². The number of H-pyrrole nitrogens is 1. The molecule has 4 heterocycles. The normalized spacial score (nSPS) is 16.8. The Labute approximate surface area is 193 Å². The van der Waals surface area contributed by atoms with E-state index in [4.69, 9.17) is 0 Å². The molecule has 1 aromatic rings. The van der Waals surface area contributed by atoms with Crippen molar-refractivity contribution in [3.05, 3.63) is 39.4 Å². The third kappa shape index (κ3) is 4.00. The van der Waals surface area contributed by atoms with E-state index in [0.717, 1.165) is 11.4 Å². The highest BCUT2D eigenvalue weighted by Gasteiger charge is 2.42. The maximum absolute atomic E-state index is 11.7. The van der Waals surface area contributed by atoms with Crippen molar-refractivity contribution in [3.8, 4) is 5.88 Å². The van der Waals surface area contributed by atoms with Crippen LogP contribution in [-0.4, -0.2) is 57.4 Å². The van der Waals surface area contributed by atoms with Gasteiger partial charge in [-0.1, -0.05) is 7.43 Å². The SMILES string of the molecule is C.CC1=C2C(=O)N(C)C(C)=C2C(=O)N1C.CC1=NC(=O)c2c(C)[nH]c(O)c21.II. The van der Waals surface area contributed by atoms with E-state index in [1.165, 1.54) is 9.80 Å². The van der Waals surface area contributed by atoms with Crippen LogP contribution in [0.3, 0.4) is 0 Å². The van der Waals surface area contributed by atoms with Crippen LogP contribution in [0.5, 0.6) is 5.88 Å². The number of allylic oxidation sites excluding steroid dienone is 2. The molecule has 3 aliphatic rings. The Bertz CT molecular complexity index is 949. The molecule has 3 amide bonds. The lowest BCUT2D eigenvalue weighted by Gasteiger charge is -2.15. The fourth-order valence-corrected chi connectivity index (χ4v) is 3.35. The number of amides is 3. The van der Waals surface area contributed by atoms with Crippen LogP contribution in [0.1, 0.15) is 49.8 Å². The minimum absolute atomic E-state index is 0. The lowest BCUT2D eigenvalue weighted by Crippen LogP contribution is -2.24. The lowest BCUT2D eigenvalue weighted by atomic mass is 10.1. The molecule has 8 nitrogen and oxygen atoms in total. The predicted molar refractivity (Wildman–Crippen MR) is 129 cm³/mol. The van der Waals surface area contributed by atoms with Gasteiger partial charge in [-0.25, -0.2) is 4.99 Å². The molecule has 2 N–H and O–H groups in total. The summed E-state index contributed by atoms with van der Waals surface area (Å²) in [6, 6.07) is 0. The first kappa shape index (κ1) is 25.3. The largest absolute Gasteiger partial charge is 0.494 e. The van der Waals surface area contributed by atoms with Gasteiger partial charge in [-0.15, -0.1) is 0 Å². The van der Waals surface area contributed by atoms with Crippen molar-refractivity contribution in [2.45, 2.75) is 35.1 Å². The molecule has 0 saturated heterocycles. The van der Waals surface area contributed by atoms with Crippen LogP contribution < -0.4 is 0 Å². The second-order valence-corrected chi connectivity index (χ2v) is 6.50. The standard InChI is InChI=1S/C10H12N2O2.C8H8N2O2.CH4.I2/c1-5-7-8(10(14)11(5)3)6(2)12(4)9(7)13;1-3-5-6(8(12)9-3)4(2)10-7(5)11;;1-2/h1-4H3;9,12H,1-2H3;1H4;. The number of likely N-dealkylation sites (N-methyl/N-ethyl adjacent to an activating group) is 2. The number of aliphatic imine (C=N–C) groups is 1. The molecule has 1 aromatic heterocycles. The van der Waals surface area contributed by atoms with Gasteiger partial charge in [-0.2, -0.15) is 0 Å². The van der Waals surface area contributed by atoms with Crippen molar-refractivity contribution in [2.75, 3.05) is 14.1 Å². The molecule has 0 spiro atoms. The van der Waals surface area contributed by atoms with Gasteiger partial charge in [-0.3, -0.25) is 14.4 Å². The first-order valence-corrected chi connectivity index (χ1v) is 14.5. The smallest absolute Gasteiger partial charge is 0.279 e. The van der Waals surface area contributed by atoms with E-state index in [2.05, 4.69) is 47.2 Å². The minimum Gasteiger partial charge on any atom is -0.494 e. The Morgan fingerprint density at radius 2 is 1.28 bits per heavy atom. The zero-order valence-corrected chi connectivity index (χ0v) is 20.6. The van der Waals surface area contributed by atoms with Gasteiger partial charge in [0.25, 0.3) is 17.7 Å². The van der Waals surface area contributed by atoms with E-state index in [0.29, 0.717) is 33.7 Å². The van der Waals surface area contributed by atoms with Crippen LogP contribution in [0.25, 0.3) is 0 Å². The van der Waals surface area contributed by atoms with Crippen LogP contribution in [0.4, 0.5) is 0 Å². The second-order valence-electron chi connectivity index (χ2n) is 6.50. The van der Waals surface area contributed by atoms with Gasteiger partial charge < -0.3 is 19.9 Å². The van der Waals surface area contributed by atoms with Crippen LogP contribution >= 0.6 is 37.2 Å². The zero-order chi connectivity index (χ0) is 21.5. The molecule has 0 atom stereocenters. The number of aryl methyl sites for hydroxylation is 1. The van der Waals surface area contributed by atoms with Crippen LogP contribution in [0, 0.1) is 6.92 Å². The lowest BCUT2D eigenvalue weighted by molar-refractivity contribution is -0.123. The maximum Gasteiger partial charge on any atom is 0.279 e. The Morgan fingerprint density at radius 3 is 1.66 bits per heavy atom. The number of carbonyl (C=O) groups excluding carboxylic acids is 3. The number of halogens is 2. The highest BCUT2D eigenvalue weighted by Crippen LogP contribution is 2.37. The number of nitrogens with zero attached hydrogens (tertiary/aromatic N) is 3. The van der Waals surface area contributed by atoms with Crippen LogP contribution in [0.15, 0.2) is 27.5 Å². The number of fused-ring (bicyclic) bond motifs is 2. The number of carbonyl (C=O) groups is 3. The third-order valence-electron chi connectivity index (χ3n) is 5.03. The summed E-state index contributed by atoms with van der Waals surface area (Å²) in [5.41, 5.74) is 4.94. The van der Waals surface area contributed by atoms with E-state index >= 15 is 0 Å². The molecule has 0 unspecified atom stereocenters. The molecule has 0 aliphatic carbocycles. The van der Waals surface area contributed by atoms with Crippen molar-refractivity contribution in [1.82, 2.24) is 14.8 Å². The van der Waals surface area contributed by atoms with Crippen molar-refractivity contribution in [1.29, 1.82) is 0 Å². The predicted octanol–water partition coefficient (Wildman–Crippen LogP) is 3.88. The second kappa shape index (κ2) is 9.41. The summed E-state index contributed by atoms with van der Waals surface area (Å²) in [6.07, 6.45) is 0. The summed E-state index contributed by atoms with van der Waals surface area (Å²) < 4.78 is 0. The van der Waals surface area contributed by atoms with Gasteiger partial charge in [0.2, 0.25) is 0 Å². The summed E-state index contributed by atoms with van der Waals surface area (Å²) in [5.74, 6) is -0.383. The Kier molecular flexibility index (Phi) is 8.22. The summed E-state index contributed by atoms with van der Waals surface area (Å²) in [6.45, 7) is 7.04. The number of aromatic hydroxyl groups is 1. The van der Waals surface area contributed by atoms with E-state index in [-0.39, 0.29) is 31.0 Å². The molecule has 0 saturated carbocycles. The van der Waals surface area contributed by atoms with Gasteiger partial charge in [0.15, 0.2) is 5.88 Å². The number of aromatic nitrogens is 1. The Morgan fingerprint density at radius 1 is 0.862 bits per heavy atom. The fraction of sp³-hybridized carbons (Fsp3) is 0.368. The highest BCUT2D eigenvalue weighted by atomic mass is 128. The number of nitrogens with one attached hydrogen (secondary N) is 1. The average molecular weight is 626 g/mol. The molecule has 3 aliphatic heterocycles. The molecule has 0 bridgehead atoms. The first-order chi connectivity index (χ1) is 13.1. The Balaban J connectivity index is 0.000000261. The monoisotopic (exact) mass is 626 g/mol. The topological polar surface area (TPSA) is 106 Å². The molecule has 158 valence electrons. The van der Waals surface area contributed by atoms with Gasteiger partial charge >= 0.3 is 0 Å². The number of hydrogen-bond donors (Lipinski definition) is 2. The molecular weight excluding hydrogens is 602 g/mol. The summed E-state index contributed by atoms with van der Waals surface area (Å²) in [5, 5.41) is 9.35. The Hall–Kier alpha value is -1.70. The average Bonchev–Trinajstić information content (AvgIpc) is 3.28. The fourth-order valence-electron chi connectivity index (χ4n) is 3.35. The van der Waals surface area contributed by atoms with E-state index < -0.39 is 0 Å². The number of hydrogen-bond acceptors (Lipinski definition) is 4. The van der Waals surface area contributed by atoms with E-state index in [1.54, 1.807) is 41.8 Å². The number of aromatic amines is 1. The van der Waals surface area contributed by atoms with Crippen LogP contribution in [0.2, 0.25) is 0 Å². The van der Waals surface area contributed by atoms with Crippen LogP contribution in [-0.2, 0) is 9.59 Å². The van der Waals surface area contributed by atoms with Crippen molar-refractivity contribution in [2.24, 2.45) is 4.99 Å². The van der Waals surface area contributed by atoms with Gasteiger partial charge in [0, 0.05) is 68.4 Å². The van der Waals surface area contributed by atoms with Crippen molar-refractivity contribution >= 4 is 60.7 Å². The minimum atomic E-state index is -0.267. The summed E-state index contributed by atoms with van der Waals surface area (Å²) in [7, 11) is 3.38. The molecule has 4 rings (SSSR count). The van der Waals surface area contributed by atoms with Crippen molar-refractivity contribution < 1.29 is 19.5 Å². The maximum atomic E-state index is 11.7. The van der Waals surface area contributed by atoms with Gasteiger partial charge in [-0.05, 0) is 27.7 Å². The van der Waals surface area contributed by atoms with Gasteiger partial charge in [0.05, 0.1) is 28.0 Å². The summed E-state index contributed by atoms with van der Waals surface area (Å²) >= 11 is 4.24.